The number of hydrogen-bond donors (Lipinski definition) is 0. The van der Waals surface area contributed by atoms with Crippen molar-refractivity contribution in [1.29, 1.82) is 0 Å². The Balaban J connectivity index is 2.28. The van der Waals surface area contributed by atoms with Gasteiger partial charge in [0.2, 0.25) is 0 Å². The van der Waals surface area contributed by atoms with Crippen LogP contribution in [0.1, 0.15) is 42.6 Å². The van der Waals surface area contributed by atoms with Gasteiger partial charge in [-0.1, -0.05) is 0 Å². The van der Waals surface area contributed by atoms with Crippen LogP contribution >= 0.6 is 0 Å². The fraction of sp³-hybridized carbons (Fsp3) is 0.500. The zero-order valence-corrected chi connectivity index (χ0v) is 10.6. The molecular formula is C14H18FNO. The molecule has 3 heteroatoms. The second-order valence-electron chi connectivity index (χ2n) is 5.34. The monoisotopic (exact) mass is 235 g/mol. The highest BCUT2D eigenvalue weighted by atomic mass is 19.1. The van der Waals surface area contributed by atoms with Crippen LogP contribution in [0.2, 0.25) is 0 Å². The zero-order chi connectivity index (χ0) is 12.6. The second-order valence-corrected chi connectivity index (χ2v) is 5.34. The Morgan fingerprint density at radius 1 is 1.41 bits per heavy atom. The largest absolute Gasteiger partial charge is 0.334 e. The van der Waals surface area contributed by atoms with Crippen LogP contribution in [0.4, 0.5) is 4.39 Å². The number of carbonyl (C=O) groups excluding carboxylic acids is 1. The van der Waals surface area contributed by atoms with Crippen molar-refractivity contribution in [2.45, 2.75) is 39.2 Å². The van der Waals surface area contributed by atoms with Gasteiger partial charge in [0.25, 0.3) is 5.91 Å². The number of aryl methyl sites for hydroxylation is 1. The highest BCUT2D eigenvalue weighted by Gasteiger charge is 2.35. The summed E-state index contributed by atoms with van der Waals surface area (Å²) in [6, 6.07) is 4.57. The van der Waals surface area contributed by atoms with Gasteiger partial charge < -0.3 is 4.90 Å². The number of hydrogen-bond acceptors (Lipinski definition) is 1. The lowest BCUT2D eigenvalue weighted by atomic mass is 10.0. The molecule has 1 heterocycles. The van der Waals surface area contributed by atoms with Crippen LogP contribution in [0, 0.1) is 12.7 Å². The van der Waals surface area contributed by atoms with Crippen molar-refractivity contribution in [3.8, 4) is 0 Å². The van der Waals surface area contributed by atoms with E-state index in [1.54, 1.807) is 19.1 Å². The van der Waals surface area contributed by atoms with Gasteiger partial charge in [0.15, 0.2) is 0 Å². The number of nitrogens with zero attached hydrogens (tertiary/aromatic N) is 1. The molecule has 0 bridgehead atoms. The fourth-order valence-corrected chi connectivity index (χ4v) is 2.42. The molecule has 1 fully saturated rings. The van der Waals surface area contributed by atoms with E-state index in [0.29, 0.717) is 11.1 Å². The Morgan fingerprint density at radius 2 is 2.12 bits per heavy atom. The molecule has 0 aliphatic carbocycles. The first kappa shape index (κ1) is 12.1. The standard InChI is InChI=1S/C14H18FNO/c1-10-9-11(5-6-12(10)15)13(17)16-8-4-7-14(16,2)3/h5-6,9H,4,7-8H2,1-3H3. The van der Waals surface area contributed by atoms with Gasteiger partial charge in [-0.2, -0.15) is 0 Å². The van der Waals surface area contributed by atoms with Crippen molar-refractivity contribution in [3.63, 3.8) is 0 Å². The van der Waals surface area contributed by atoms with Crippen LogP contribution in [0.15, 0.2) is 18.2 Å². The van der Waals surface area contributed by atoms with E-state index < -0.39 is 0 Å². The average Bonchev–Trinajstić information content (AvgIpc) is 2.61. The lowest BCUT2D eigenvalue weighted by Gasteiger charge is -2.31. The van der Waals surface area contributed by atoms with Crippen LogP contribution in [0.5, 0.6) is 0 Å². The molecule has 1 aromatic carbocycles. The minimum atomic E-state index is -0.262. The molecule has 1 amide bonds. The zero-order valence-electron chi connectivity index (χ0n) is 10.6. The van der Waals surface area contributed by atoms with E-state index in [1.807, 2.05) is 4.90 Å². The molecular weight excluding hydrogens is 217 g/mol. The summed E-state index contributed by atoms with van der Waals surface area (Å²) < 4.78 is 13.2. The van der Waals surface area contributed by atoms with Gasteiger partial charge in [0.05, 0.1) is 0 Å². The van der Waals surface area contributed by atoms with Crippen LogP contribution < -0.4 is 0 Å². The third kappa shape index (κ3) is 2.19. The highest BCUT2D eigenvalue weighted by molar-refractivity contribution is 5.95. The van der Waals surface area contributed by atoms with Crippen LogP contribution in [0.25, 0.3) is 0 Å². The fourth-order valence-electron chi connectivity index (χ4n) is 2.42. The summed E-state index contributed by atoms with van der Waals surface area (Å²) in [6.45, 7) is 6.63. The summed E-state index contributed by atoms with van der Waals surface area (Å²) in [5, 5.41) is 0. The maximum Gasteiger partial charge on any atom is 0.254 e. The third-order valence-corrected chi connectivity index (χ3v) is 3.55. The molecule has 0 unspecified atom stereocenters. The van der Waals surface area contributed by atoms with Crippen LogP contribution in [-0.4, -0.2) is 22.9 Å². The van der Waals surface area contributed by atoms with Crippen molar-refractivity contribution >= 4 is 5.91 Å². The summed E-state index contributed by atoms with van der Waals surface area (Å²) in [6.07, 6.45) is 2.07. The molecule has 17 heavy (non-hydrogen) atoms. The van der Waals surface area contributed by atoms with Gasteiger partial charge in [0.1, 0.15) is 5.82 Å². The van der Waals surface area contributed by atoms with E-state index in [2.05, 4.69) is 13.8 Å². The number of likely N-dealkylation sites (tertiary alicyclic amines) is 1. The Kier molecular flexibility index (Phi) is 2.94. The number of rotatable bonds is 1. The molecule has 0 aromatic heterocycles. The Labute approximate surface area is 101 Å². The van der Waals surface area contributed by atoms with Crippen molar-refractivity contribution in [2.24, 2.45) is 0 Å². The highest BCUT2D eigenvalue weighted by Crippen LogP contribution is 2.29. The number of benzene rings is 1. The van der Waals surface area contributed by atoms with Gasteiger partial charge in [-0.25, -0.2) is 4.39 Å². The molecule has 1 aliphatic heterocycles. The van der Waals surface area contributed by atoms with Gasteiger partial charge >= 0.3 is 0 Å². The SMILES string of the molecule is Cc1cc(C(=O)N2CCCC2(C)C)ccc1F. The smallest absolute Gasteiger partial charge is 0.254 e. The minimum Gasteiger partial charge on any atom is -0.334 e. The Morgan fingerprint density at radius 3 is 2.65 bits per heavy atom. The normalized spacial score (nSPS) is 18.5. The molecule has 0 saturated carbocycles. The van der Waals surface area contributed by atoms with E-state index >= 15 is 0 Å². The van der Waals surface area contributed by atoms with Gasteiger partial charge in [-0.3, -0.25) is 4.79 Å². The number of amides is 1. The summed E-state index contributed by atoms with van der Waals surface area (Å²) in [5.41, 5.74) is 1.02. The van der Waals surface area contributed by atoms with Crippen molar-refractivity contribution in [3.05, 3.63) is 35.1 Å². The predicted octanol–water partition coefficient (Wildman–Crippen LogP) is 3.15. The summed E-state index contributed by atoms with van der Waals surface area (Å²) in [4.78, 5) is 14.2. The average molecular weight is 235 g/mol. The maximum absolute atomic E-state index is 13.2. The summed E-state index contributed by atoms with van der Waals surface area (Å²) >= 11 is 0. The maximum atomic E-state index is 13.2. The van der Waals surface area contributed by atoms with Gasteiger partial charge in [-0.05, 0) is 57.4 Å². The second kappa shape index (κ2) is 4.13. The summed E-state index contributed by atoms with van der Waals surface area (Å²) in [5.74, 6) is -0.252. The Hall–Kier alpha value is -1.38. The number of carbonyl (C=O) groups is 1. The van der Waals surface area contributed by atoms with Crippen LogP contribution in [0.3, 0.4) is 0 Å². The van der Waals surface area contributed by atoms with E-state index in [-0.39, 0.29) is 17.3 Å². The molecule has 0 N–H and O–H groups in total. The first-order chi connectivity index (χ1) is 7.92. The quantitative estimate of drug-likeness (QED) is 0.732. The van der Waals surface area contributed by atoms with Crippen molar-refractivity contribution in [1.82, 2.24) is 4.90 Å². The van der Waals surface area contributed by atoms with E-state index in [9.17, 15) is 9.18 Å². The molecule has 0 atom stereocenters. The van der Waals surface area contributed by atoms with E-state index in [1.165, 1.54) is 6.07 Å². The first-order valence-electron chi connectivity index (χ1n) is 6.00. The van der Waals surface area contributed by atoms with E-state index in [0.717, 1.165) is 19.4 Å². The van der Waals surface area contributed by atoms with Gasteiger partial charge in [0, 0.05) is 17.6 Å². The molecule has 0 spiro atoms. The molecule has 1 aliphatic rings. The lowest BCUT2D eigenvalue weighted by Crippen LogP contribution is -2.42. The molecule has 0 radical (unpaired) electrons. The molecule has 1 aromatic rings. The molecule has 2 nitrogen and oxygen atoms in total. The lowest BCUT2D eigenvalue weighted by molar-refractivity contribution is 0.0652. The number of halogens is 1. The predicted molar refractivity (Wildman–Crippen MR) is 65.5 cm³/mol. The minimum absolute atomic E-state index is 0.00981. The topological polar surface area (TPSA) is 20.3 Å². The molecule has 1 saturated heterocycles. The third-order valence-electron chi connectivity index (χ3n) is 3.55. The van der Waals surface area contributed by atoms with Gasteiger partial charge in [-0.15, -0.1) is 0 Å². The molecule has 2 rings (SSSR count). The summed E-state index contributed by atoms with van der Waals surface area (Å²) in [7, 11) is 0. The van der Waals surface area contributed by atoms with E-state index in [4.69, 9.17) is 0 Å². The first-order valence-corrected chi connectivity index (χ1v) is 6.00. The molecule has 92 valence electrons. The van der Waals surface area contributed by atoms with Crippen molar-refractivity contribution in [2.75, 3.05) is 6.54 Å². The van der Waals surface area contributed by atoms with Crippen molar-refractivity contribution < 1.29 is 9.18 Å². The van der Waals surface area contributed by atoms with Crippen LogP contribution in [-0.2, 0) is 0 Å². The Bertz CT molecular complexity index is 454.